The molecule has 1 aromatic heterocycles. The fourth-order valence-corrected chi connectivity index (χ4v) is 1.51. The second kappa shape index (κ2) is 4.22. The maximum Gasteiger partial charge on any atom is 0.132 e. The van der Waals surface area contributed by atoms with Gasteiger partial charge in [0, 0.05) is 11.8 Å². The summed E-state index contributed by atoms with van der Waals surface area (Å²) in [6, 6.07) is 10.8. The van der Waals surface area contributed by atoms with Gasteiger partial charge in [-0.05, 0) is 36.2 Å². The van der Waals surface area contributed by atoms with Crippen molar-refractivity contribution in [3.05, 3.63) is 54.0 Å². The minimum absolute atomic E-state index is 0.201. The highest BCUT2D eigenvalue weighted by Gasteiger charge is 2.05. The van der Waals surface area contributed by atoms with E-state index in [2.05, 4.69) is 4.98 Å². The number of hydrogen-bond acceptors (Lipinski definition) is 1. The van der Waals surface area contributed by atoms with Gasteiger partial charge in [0.2, 0.25) is 0 Å². The van der Waals surface area contributed by atoms with Gasteiger partial charge in [-0.3, -0.25) is 4.98 Å². The predicted octanol–water partition coefficient (Wildman–Crippen LogP) is 3.45. The molecule has 1 aromatic carbocycles. The van der Waals surface area contributed by atoms with E-state index in [4.69, 9.17) is 0 Å². The molecule has 76 valence electrons. The van der Waals surface area contributed by atoms with Crippen LogP contribution >= 0.6 is 0 Å². The van der Waals surface area contributed by atoms with Gasteiger partial charge >= 0.3 is 0 Å². The largest absolute Gasteiger partial charge is 0.256 e. The maximum absolute atomic E-state index is 13.7. The van der Waals surface area contributed by atoms with Gasteiger partial charge in [0.05, 0.1) is 5.69 Å². The van der Waals surface area contributed by atoms with Gasteiger partial charge in [0.1, 0.15) is 5.82 Å². The van der Waals surface area contributed by atoms with Gasteiger partial charge in [-0.25, -0.2) is 4.39 Å². The van der Waals surface area contributed by atoms with Crippen molar-refractivity contribution in [2.45, 2.75) is 13.3 Å². The van der Waals surface area contributed by atoms with Crippen LogP contribution in [0.3, 0.4) is 0 Å². The van der Waals surface area contributed by atoms with Crippen molar-refractivity contribution < 1.29 is 4.39 Å². The average Bonchev–Trinajstić information content (AvgIpc) is 2.30. The average molecular weight is 201 g/mol. The van der Waals surface area contributed by atoms with Gasteiger partial charge in [-0.15, -0.1) is 0 Å². The van der Waals surface area contributed by atoms with Crippen LogP contribution in [0.25, 0.3) is 11.3 Å². The second-order valence-corrected chi connectivity index (χ2v) is 3.38. The summed E-state index contributed by atoms with van der Waals surface area (Å²) in [5.41, 5.74) is 2.25. The monoisotopic (exact) mass is 201 g/mol. The highest BCUT2D eigenvalue weighted by atomic mass is 19.1. The molecule has 0 aliphatic rings. The quantitative estimate of drug-likeness (QED) is 0.725. The third kappa shape index (κ3) is 2.04. The fraction of sp³-hybridized carbons (Fsp3) is 0.154. The lowest BCUT2D eigenvalue weighted by molar-refractivity contribution is 0.628. The Morgan fingerprint density at radius 3 is 2.67 bits per heavy atom. The zero-order valence-corrected chi connectivity index (χ0v) is 8.57. The summed E-state index contributed by atoms with van der Waals surface area (Å²) in [7, 11) is 0. The molecular formula is C13H12FN. The van der Waals surface area contributed by atoms with E-state index in [9.17, 15) is 4.39 Å². The van der Waals surface area contributed by atoms with Crippen molar-refractivity contribution in [1.82, 2.24) is 4.98 Å². The van der Waals surface area contributed by atoms with Crippen molar-refractivity contribution >= 4 is 0 Å². The van der Waals surface area contributed by atoms with E-state index in [-0.39, 0.29) is 5.82 Å². The Morgan fingerprint density at radius 1 is 1.20 bits per heavy atom. The van der Waals surface area contributed by atoms with Crippen LogP contribution in [0, 0.1) is 5.82 Å². The molecule has 0 N–H and O–H groups in total. The van der Waals surface area contributed by atoms with Crippen molar-refractivity contribution in [3.63, 3.8) is 0 Å². The predicted molar refractivity (Wildman–Crippen MR) is 59.0 cm³/mol. The molecule has 0 saturated heterocycles. The Kier molecular flexibility index (Phi) is 2.77. The number of pyridine rings is 1. The molecule has 0 fully saturated rings. The zero-order chi connectivity index (χ0) is 10.7. The van der Waals surface area contributed by atoms with Gasteiger partial charge < -0.3 is 0 Å². The normalized spacial score (nSPS) is 10.3. The van der Waals surface area contributed by atoms with Gasteiger partial charge in [-0.2, -0.15) is 0 Å². The Labute approximate surface area is 88.6 Å². The molecule has 1 heterocycles. The summed E-state index contributed by atoms with van der Waals surface area (Å²) >= 11 is 0. The minimum Gasteiger partial charge on any atom is -0.256 e. The molecule has 0 unspecified atom stereocenters. The van der Waals surface area contributed by atoms with Crippen LogP contribution in [0.1, 0.15) is 12.5 Å². The van der Waals surface area contributed by atoms with Crippen LogP contribution in [0.5, 0.6) is 0 Å². The number of aryl methyl sites for hydroxylation is 1. The Bertz CT molecular complexity index is 451. The van der Waals surface area contributed by atoms with Crippen LogP contribution < -0.4 is 0 Å². The highest BCUT2D eigenvalue weighted by molar-refractivity contribution is 5.60. The Balaban J connectivity index is 2.46. The first-order valence-electron chi connectivity index (χ1n) is 5.01. The van der Waals surface area contributed by atoms with Crippen molar-refractivity contribution in [3.8, 4) is 11.3 Å². The first-order chi connectivity index (χ1) is 7.31. The number of aromatic nitrogens is 1. The topological polar surface area (TPSA) is 12.9 Å². The zero-order valence-electron chi connectivity index (χ0n) is 8.57. The van der Waals surface area contributed by atoms with Gasteiger partial charge in [-0.1, -0.05) is 19.1 Å². The van der Waals surface area contributed by atoms with Crippen LogP contribution in [0.15, 0.2) is 42.6 Å². The van der Waals surface area contributed by atoms with Crippen LogP contribution in [-0.2, 0) is 6.42 Å². The smallest absolute Gasteiger partial charge is 0.132 e. The number of benzene rings is 1. The molecule has 2 heteroatoms. The summed E-state index contributed by atoms with van der Waals surface area (Å²) in [6.45, 7) is 2.01. The number of rotatable bonds is 2. The lowest BCUT2D eigenvalue weighted by atomic mass is 10.1. The molecular weight excluding hydrogens is 189 g/mol. The summed E-state index contributed by atoms with van der Waals surface area (Å²) in [5.74, 6) is -0.201. The first-order valence-corrected chi connectivity index (χ1v) is 5.01. The molecule has 0 atom stereocenters. The number of nitrogens with zero attached hydrogens (tertiary/aromatic N) is 1. The third-order valence-corrected chi connectivity index (χ3v) is 2.38. The van der Waals surface area contributed by atoms with E-state index < -0.39 is 0 Å². The Hall–Kier alpha value is -1.70. The van der Waals surface area contributed by atoms with E-state index in [1.165, 1.54) is 0 Å². The summed E-state index contributed by atoms with van der Waals surface area (Å²) < 4.78 is 13.7. The van der Waals surface area contributed by atoms with E-state index in [1.54, 1.807) is 18.3 Å². The molecule has 2 aromatic rings. The molecule has 15 heavy (non-hydrogen) atoms. The maximum atomic E-state index is 13.7. The number of halogens is 1. The summed E-state index contributed by atoms with van der Waals surface area (Å²) in [6.07, 6.45) is 2.52. The summed E-state index contributed by atoms with van der Waals surface area (Å²) in [5, 5.41) is 0. The van der Waals surface area contributed by atoms with E-state index in [0.717, 1.165) is 12.0 Å². The second-order valence-electron chi connectivity index (χ2n) is 3.38. The SMILES string of the molecule is CCc1ccc(-c2ccccn2)c(F)c1. The van der Waals surface area contributed by atoms with Gasteiger partial charge in [0.25, 0.3) is 0 Å². The number of hydrogen-bond donors (Lipinski definition) is 0. The van der Waals surface area contributed by atoms with E-state index >= 15 is 0 Å². The van der Waals surface area contributed by atoms with Crippen LogP contribution in [0.4, 0.5) is 4.39 Å². The van der Waals surface area contributed by atoms with Crippen molar-refractivity contribution in [2.24, 2.45) is 0 Å². The molecule has 0 aliphatic carbocycles. The molecule has 0 spiro atoms. The summed E-state index contributed by atoms with van der Waals surface area (Å²) in [4.78, 5) is 4.13. The van der Waals surface area contributed by atoms with E-state index in [1.807, 2.05) is 31.2 Å². The first kappa shape index (κ1) is 9.84. The fourth-order valence-electron chi connectivity index (χ4n) is 1.51. The highest BCUT2D eigenvalue weighted by Crippen LogP contribution is 2.21. The van der Waals surface area contributed by atoms with Crippen molar-refractivity contribution in [2.75, 3.05) is 0 Å². The molecule has 0 bridgehead atoms. The molecule has 0 aliphatic heterocycles. The molecule has 0 radical (unpaired) electrons. The lowest BCUT2D eigenvalue weighted by Gasteiger charge is -2.03. The van der Waals surface area contributed by atoms with E-state index in [0.29, 0.717) is 11.3 Å². The molecule has 2 rings (SSSR count). The molecule has 0 amide bonds. The van der Waals surface area contributed by atoms with Crippen LogP contribution in [-0.4, -0.2) is 4.98 Å². The molecule has 0 saturated carbocycles. The third-order valence-electron chi connectivity index (χ3n) is 2.38. The standard InChI is InChI=1S/C13H12FN/c1-2-10-6-7-11(12(14)9-10)13-5-3-4-8-15-13/h3-9H,2H2,1H3. The molecule has 1 nitrogen and oxygen atoms in total. The lowest BCUT2D eigenvalue weighted by Crippen LogP contribution is -1.89. The van der Waals surface area contributed by atoms with Crippen molar-refractivity contribution in [1.29, 1.82) is 0 Å². The van der Waals surface area contributed by atoms with Gasteiger partial charge in [0.15, 0.2) is 0 Å². The minimum atomic E-state index is -0.201. The van der Waals surface area contributed by atoms with Crippen LogP contribution in [0.2, 0.25) is 0 Å². The Morgan fingerprint density at radius 2 is 2.07 bits per heavy atom.